The average Bonchev–Trinajstić information content (AvgIpc) is 2.29. The van der Waals surface area contributed by atoms with Gasteiger partial charge in [0.1, 0.15) is 5.82 Å². The molecule has 0 aromatic heterocycles. The summed E-state index contributed by atoms with van der Waals surface area (Å²) in [4.78, 5) is 0. The average molecular weight is 231 g/mol. The van der Waals surface area contributed by atoms with Crippen LogP contribution < -0.4 is 0 Å². The number of fused-ring (bicyclic) bond motifs is 3. The highest BCUT2D eigenvalue weighted by Gasteiger charge is 2.02. The van der Waals surface area contributed by atoms with Gasteiger partial charge >= 0.3 is 0 Å². The molecule has 0 aliphatic carbocycles. The molecule has 16 heavy (non-hydrogen) atoms. The Labute approximate surface area is 97.3 Å². The summed E-state index contributed by atoms with van der Waals surface area (Å²) in [6, 6.07) is 14.5. The molecule has 0 amide bonds. The van der Waals surface area contributed by atoms with Crippen LogP contribution in [-0.2, 0) is 0 Å². The standard InChI is InChI=1S/C14H8ClF/c15-11-5-3-9-1-2-10-4-6-12(16)8-14(10)13(9)7-11/h1-8H. The predicted molar refractivity (Wildman–Crippen MR) is 66.4 cm³/mol. The van der Waals surface area contributed by atoms with E-state index in [1.165, 1.54) is 6.07 Å². The van der Waals surface area contributed by atoms with Gasteiger partial charge in [0, 0.05) is 5.02 Å². The van der Waals surface area contributed by atoms with Crippen LogP contribution >= 0.6 is 11.6 Å². The maximum atomic E-state index is 13.2. The molecule has 0 radical (unpaired) electrons. The summed E-state index contributed by atoms with van der Waals surface area (Å²) in [7, 11) is 0. The van der Waals surface area contributed by atoms with Crippen LogP contribution in [0.25, 0.3) is 21.5 Å². The molecular weight excluding hydrogens is 223 g/mol. The Hall–Kier alpha value is -1.60. The minimum Gasteiger partial charge on any atom is -0.207 e. The summed E-state index contributed by atoms with van der Waals surface area (Å²) in [6.45, 7) is 0. The molecule has 3 aromatic rings. The van der Waals surface area contributed by atoms with Crippen molar-refractivity contribution < 1.29 is 4.39 Å². The highest BCUT2D eigenvalue weighted by atomic mass is 35.5. The van der Waals surface area contributed by atoms with Crippen molar-refractivity contribution in [2.75, 3.05) is 0 Å². The molecule has 0 unspecified atom stereocenters. The number of hydrogen-bond donors (Lipinski definition) is 0. The normalized spacial score (nSPS) is 11.1. The van der Waals surface area contributed by atoms with Crippen molar-refractivity contribution in [1.82, 2.24) is 0 Å². The molecule has 78 valence electrons. The maximum absolute atomic E-state index is 13.2. The second kappa shape index (κ2) is 3.46. The van der Waals surface area contributed by atoms with Crippen molar-refractivity contribution in [3.8, 4) is 0 Å². The van der Waals surface area contributed by atoms with E-state index in [0.29, 0.717) is 5.02 Å². The van der Waals surface area contributed by atoms with Crippen LogP contribution in [-0.4, -0.2) is 0 Å². The zero-order chi connectivity index (χ0) is 11.1. The van der Waals surface area contributed by atoms with Gasteiger partial charge in [0.2, 0.25) is 0 Å². The van der Waals surface area contributed by atoms with E-state index < -0.39 is 0 Å². The fourth-order valence-corrected chi connectivity index (χ4v) is 2.17. The van der Waals surface area contributed by atoms with Gasteiger partial charge in [0.15, 0.2) is 0 Å². The van der Waals surface area contributed by atoms with Gasteiger partial charge in [-0.05, 0) is 45.8 Å². The quantitative estimate of drug-likeness (QED) is 0.488. The second-order valence-electron chi connectivity index (χ2n) is 3.80. The Kier molecular flexibility index (Phi) is 2.08. The van der Waals surface area contributed by atoms with Crippen molar-refractivity contribution in [2.24, 2.45) is 0 Å². The van der Waals surface area contributed by atoms with E-state index in [2.05, 4.69) is 0 Å². The van der Waals surface area contributed by atoms with Gasteiger partial charge in [0.25, 0.3) is 0 Å². The highest BCUT2D eigenvalue weighted by molar-refractivity contribution is 6.31. The number of benzene rings is 3. The smallest absolute Gasteiger partial charge is 0.123 e. The van der Waals surface area contributed by atoms with Gasteiger partial charge in [-0.1, -0.05) is 35.9 Å². The first kappa shape index (κ1) is 9.61. The Balaban J connectivity index is 2.55. The van der Waals surface area contributed by atoms with Gasteiger partial charge in [-0.25, -0.2) is 4.39 Å². The Bertz CT molecular complexity index is 628. The zero-order valence-corrected chi connectivity index (χ0v) is 9.13. The lowest BCUT2D eigenvalue weighted by Gasteiger charge is -2.04. The molecule has 2 heteroatoms. The first-order chi connectivity index (χ1) is 7.74. The van der Waals surface area contributed by atoms with Crippen LogP contribution in [0.5, 0.6) is 0 Å². The maximum Gasteiger partial charge on any atom is 0.123 e. The lowest BCUT2D eigenvalue weighted by molar-refractivity contribution is 0.630. The minimum atomic E-state index is -0.222. The van der Waals surface area contributed by atoms with Gasteiger partial charge < -0.3 is 0 Å². The third-order valence-electron chi connectivity index (χ3n) is 2.76. The first-order valence-electron chi connectivity index (χ1n) is 5.01. The van der Waals surface area contributed by atoms with Crippen molar-refractivity contribution in [2.45, 2.75) is 0 Å². The molecule has 0 bridgehead atoms. The summed E-state index contributed by atoms with van der Waals surface area (Å²) < 4.78 is 13.2. The van der Waals surface area contributed by atoms with Crippen LogP contribution in [0, 0.1) is 5.82 Å². The van der Waals surface area contributed by atoms with Crippen molar-refractivity contribution >= 4 is 33.1 Å². The molecular formula is C14H8ClF. The largest absolute Gasteiger partial charge is 0.207 e. The van der Waals surface area contributed by atoms with Gasteiger partial charge in [-0.15, -0.1) is 0 Å². The molecule has 3 rings (SSSR count). The third kappa shape index (κ3) is 1.44. The van der Waals surface area contributed by atoms with Crippen LogP contribution in [0.15, 0.2) is 48.5 Å². The van der Waals surface area contributed by atoms with Gasteiger partial charge in [-0.2, -0.15) is 0 Å². The Morgan fingerprint density at radius 2 is 1.31 bits per heavy atom. The number of halogens is 2. The summed E-state index contributed by atoms with van der Waals surface area (Å²) in [5, 5.41) is 4.66. The van der Waals surface area contributed by atoms with E-state index >= 15 is 0 Å². The number of rotatable bonds is 0. The van der Waals surface area contributed by atoms with E-state index in [1.807, 2.05) is 30.3 Å². The summed E-state index contributed by atoms with van der Waals surface area (Å²) in [6.07, 6.45) is 0. The zero-order valence-electron chi connectivity index (χ0n) is 8.37. The molecule has 0 N–H and O–H groups in total. The van der Waals surface area contributed by atoms with Crippen LogP contribution in [0.3, 0.4) is 0 Å². The Morgan fingerprint density at radius 1 is 0.750 bits per heavy atom. The predicted octanol–water partition coefficient (Wildman–Crippen LogP) is 4.79. The summed E-state index contributed by atoms with van der Waals surface area (Å²) >= 11 is 5.97. The van der Waals surface area contributed by atoms with E-state index in [0.717, 1.165) is 21.5 Å². The number of hydrogen-bond acceptors (Lipinski definition) is 0. The molecule has 0 aliphatic rings. The molecule has 0 fully saturated rings. The fourth-order valence-electron chi connectivity index (χ4n) is 1.99. The van der Waals surface area contributed by atoms with Crippen molar-refractivity contribution in [3.05, 3.63) is 59.4 Å². The monoisotopic (exact) mass is 230 g/mol. The lowest BCUT2D eigenvalue weighted by atomic mass is 10.0. The third-order valence-corrected chi connectivity index (χ3v) is 3.00. The molecule has 0 heterocycles. The second-order valence-corrected chi connectivity index (χ2v) is 4.23. The van der Waals surface area contributed by atoms with Gasteiger partial charge in [0.05, 0.1) is 0 Å². The summed E-state index contributed by atoms with van der Waals surface area (Å²) in [5.41, 5.74) is 0. The fraction of sp³-hybridized carbons (Fsp3) is 0. The van der Waals surface area contributed by atoms with E-state index in [4.69, 9.17) is 11.6 Å². The minimum absolute atomic E-state index is 0.222. The van der Waals surface area contributed by atoms with Crippen LogP contribution in [0.4, 0.5) is 4.39 Å². The van der Waals surface area contributed by atoms with E-state index in [1.54, 1.807) is 12.1 Å². The first-order valence-corrected chi connectivity index (χ1v) is 5.39. The molecule has 3 aromatic carbocycles. The van der Waals surface area contributed by atoms with Crippen molar-refractivity contribution in [1.29, 1.82) is 0 Å². The SMILES string of the molecule is Fc1ccc2ccc3ccc(Cl)cc3c2c1. The van der Waals surface area contributed by atoms with Gasteiger partial charge in [-0.3, -0.25) is 0 Å². The molecule has 0 spiro atoms. The molecule has 0 aliphatic heterocycles. The molecule has 0 nitrogen and oxygen atoms in total. The van der Waals surface area contributed by atoms with Crippen LogP contribution in [0.1, 0.15) is 0 Å². The molecule has 0 saturated heterocycles. The Morgan fingerprint density at radius 3 is 2.06 bits per heavy atom. The highest BCUT2D eigenvalue weighted by Crippen LogP contribution is 2.28. The lowest BCUT2D eigenvalue weighted by Crippen LogP contribution is -1.80. The van der Waals surface area contributed by atoms with E-state index in [9.17, 15) is 4.39 Å². The molecule has 0 saturated carbocycles. The topological polar surface area (TPSA) is 0 Å². The molecule has 0 atom stereocenters. The van der Waals surface area contributed by atoms with E-state index in [-0.39, 0.29) is 5.82 Å². The van der Waals surface area contributed by atoms with Crippen molar-refractivity contribution in [3.63, 3.8) is 0 Å². The van der Waals surface area contributed by atoms with Crippen LogP contribution in [0.2, 0.25) is 5.02 Å². The summed E-state index contributed by atoms with van der Waals surface area (Å²) in [5.74, 6) is -0.222.